The molecule has 0 aliphatic rings. The molecule has 1 N–H and O–H groups in total. The molecule has 0 fully saturated rings. The zero-order valence-electron chi connectivity index (χ0n) is 14.4. The standard InChI is InChI=1S/C20H24BrNO2/c1-14(2)10-11-24-19-9-8-17(21)12-18(19)20(23)22-13-16-6-4-15(3)5-7-16/h4-9,12,14H,10-11,13H2,1-3H3,(H,22,23). The molecular formula is C20H24BrNO2. The smallest absolute Gasteiger partial charge is 0.255 e. The van der Waals surface area contributed by atoms with Gasteiger partial charge in [-0.15, -0.1) is 0 Å². The number of amides is 1. The Morgan fingerprint density at radius 2 is 1.88 bits per heavy atom. The second kappa shape index (κ2) is 8.88. The lowest BCUT2D eigenvalue weighted by Crippen LogP contribution is -2.23. The third-order valence-electron chi connectivity index (χ3n) is 3.71. The van der Waals surface area contributed by atoms with Crippen LogP contribution in [0.5, 0.6) is 5.75 Å². The van der Waals surface area contributed by atoms with Crippen molar-refractivity contribution in [2.24, 2.45) is 5.92 Å². The third kappa shape index (κ3) is 5.68. The number of halogens is 1. The van der Waals surface area contributed by atoms with Gasteiger partial charge in [0.15, 0.2) is 0 Å². The molecule has 0 unspecified atom stereocenters. The fraction of sp³-hybridized carbons (Fsp3) is 0.350. The molecule has 0 heterocycles. The highest BCUT2D eigenvalue weighted by Crippen LogP contribution is 2.24. The van der Waals surface area contributed by atoms with Gasteiger partial charge < -0.3 is 10.1 Å². The molecule has 2 rings (SSSR count). The van der Waals surface area contributed by atoms with Crippen LogP contribution in [0.4, 0.5) is 0 Å². The summed E-state index contributed by atoms with van der Waals surface area (Å²) in [6.45, 7) is 7.46. The molecule has 24 heavy (non-hydrogen) atoms. The second-order valence-corrected chi connectivity index (χ2v) is 7.26. The quantitative estimate of drug-likeness (QED) is 0.713. The van der Waals surface area contributed by atoms with E-state index in [0.29, 0.717) is 30.4 Å². The van der Waals surface area contributed by atoms with Crippen LogP contribution in [0.2, 0.25) is 0 Å². The van der Waals surface area contributed by atoms with Gasteiger partial charge in [-0.25, -0.2) is 0 Å². The van der Waals surface area contributed by atoms with Crippen LogP contribution in [0.15, 0.2) is 46.9 Å². The van der Waals surface area contributed by atoms with Crippen molar-refractivity contribution in [2.45, 2.75) is 33.7 Å². The first-order valence-electron chi connectivity index (χ1n) is 8.22. The van der Waals surface area contributed by atoms with E-state index in [1.165, 1.54) is 5.56 Å². The van der Waals surface area contributed by atoms with Gasteiger partial charge in [0.1, 0.15) is 5.75 Å². The van der Waals surface area contributed by atoms with Crippen LogP contribution in [0, 0.1) is 12.8 Å². The molecule has 0 bridgehead atoms. The molecule has 0 aliphatic heterocycles. The fourth-order valence-corrected chi connectivity index (χ4v) is 2.55. The summed E-state index contributed by atoms with van der Waals surface area (Å²) in [5, 5.41) is 2.96. The summed E-state index contributed by atoms with van der Waals surface area (Å²) in [7, 11) is 0. The summed E-state index contributed by atoms with van der Waals surface area (Å²) < 4.78 is 6.67. The van der Waals surface area contributed by atoms with Crippen molar-refractivity contribution >= 4 is 21.8 Å². The molecule has 3 nitrogen and oxygen atoms in total. The van der Waals surface area contributed by atoms with E-state index in [2.05, 4.69) is 35.1 Å². The van der Waals surface area contributed by atoms with E-state index >= 15 is 0 Å². The molecule has 2 aromatic rings. The van der Waals surface area contributed by atoms with Crippen LogP contribution in [0.3, 0.4) is 0 Å². The minimum atomic E-state index is -0.128. The Balaban J connectivity index is 2.03. The summed E-state index contributed by atoms with van der Waals surface area (Å²) in [6, 6.07) is 13.7. The number of hydrogen-bond donors (Lipinski definition) is 1. The molecule has 0 radical (unpaired) electrons. The van der Waals surface area contributed by atoms with Gasteiger partial charge in [0.25, 0.3) is 5.91 Å². The first-order valence-corrected chi connectivity index (χ1v) is 9.01. The van der Waals surface area contributed by atoms with Gasteiger partial charge in [-0.1, -0.05) is 59.6 Å². The first-order chi connectivity index (χ1) is 11.5. The van der Waals surface area contributed by atoms with Crippen LogP contribution in [0.25, 0.3) is 0 Å². The molecule has 0 spiro atoms. The minimum Gasteiger partial charge on any atom is -0.493 e. The summed E-state index contributed by atoms with van der Waals surface area (Å²) >= 11 is 3.42. The van der Waals surface area contributed by atoms with Gasteiger partial charge in [-0.2, -0.15) is 0 Å². The highest BCUT2D eigenvalue weighted by atomic mass is 79.9. The first kappa shape index (κ1) is 18.5. The number of rotatable bonds is 7. The number of ether oxygens (including phenoxy) is 1. The zero-order chi connectivity index (χ0) is 17.5. The summed E-state index contributed by atoms with van der Waals surface area (Å²) in [5.74, 6) is 1.07. The van der Waals surface area contributed by atoms with Crippen molar-refractivity contribution in [1.82, 2.24) is 5.32 Å². The summed E-state index contributed by atoms with van der Waals surface area (Å²) in [4.78, 5) is 12.5. The van der Waals surface area contributed by atoms with Gasteiger partial charge in [-0.05, 0) is 43.0 Å². The average Bonchev–Trinajstić information content (AvgIpc) is 2.55. The van der Waals surface area contributed by atoms with E-state index in [4.69, 9.17) is 4.74 Å². The maximum absolute atomic E-state index is 12.5. The Morgan fingerprint density at radius 3 is 2.54 bits per heavy atom. The Kier molecular flexibility index (Phi) is 6.85. The Hall–Kier alpha value is -1.81. The molecular weight excluding hydrogens is 366 g/mol. The molecule has 0 saturated heterocycles. The number of benzene rings is 2. The van der Waals surface area contributed by atoms with Crippen molar-refractivity contribution in [1.29, 1.82) is 0 Å². The summed E-state index contributed by atoms with van der Waals surface area (Å²) in [6.07, 6.45) is 0.959. The maximum atomic E-state index is 12.5. The van der Waals surface area contributed by atoms with Gasteiger partial charge in [0.05, 0.1) is 12.2 Å². The van der Waals surface area contributed by atoms with Crippen LogP contribution in [-0.2, 0) is 6.54 Å². The van der Waals surface area contributed by atoms with E-state index < -0.39 is 0 Å². The highest BCUT2D eigenvalue weighted by Gasteiger charge is 2.13. The Morgan fingerprint density at radius 1 is 1.17 bits per heavy atom. The number of carbonyl (C=O) groups is 1. The van der Waals surface area contributed by atoms with Gasteiger partial charge in [-0.3, -0.25) is 4.79 Å². The summed E-state index contributed by atoms with van der Waals surface area (Å²) in [5.41, 5.74) is 2.84. The number of carbonyl (C=O) groups excluding carboxylic acids is 1. The van der Waals surface area contributed by atoms with Gasteiger partial charge in [0.2, 0.25) is 0 Å². The van der Waals surface area contributed by atoms with Crippen LogP contribution in [-0.4, -0.2) is 12.5 Å². The van der Waals surface area contributed by atoms with Crippen LogP contribution >= 0.6 is 15.9 Å². The molecule has 2 aromatic carbocycles. The predicted molar refractivity (Wildman–Crippen MR) is 101 cm³/mol. The van der Waals surface area contributed by atoms with E-state index in [1.54, 1.807) is 6.07 Å². The van der Waals surface area contributed by atoms with Crippen molar-refractivity contribution in [2.75, 3.05) is 6.61 Å². The number of nitrogens with one attached hydrogen (secondary N) is 1. The normalized spacial score (nSPS) is 10.7. The fourth-order valence-electron chi connectivity index (χ4n) is 2.19. The molecule has 0 aromatic heterocycles. The largest absolute Gasteiger partial charge is 0.493 e. The van der Waals surface area contributed by atoms with Gasteiger partial charge in [0, 0.05) is 11.0 Å². The molecule has 1 amide bonds. The van der Waals surface area contributed by atoms with Crippen molar-refractivity contribution in [3.05, 3.63) is 63.6 Å². The molecule has 0 aliphatic carbocycles. The van der Waals surface area contributed by atoms with Crippen LogP contribution in [0.1, 0.15) is 41.8 Å². The number of hydrogen-bond acceptors (Lipinski definition) is 2. The molecule has 4 heteroatoms. The van der Waals surface area contributed by atoms with Crippen LogP contribution < -0.4 is 10.1 Å². The van der Waals surface area contributed by atoms with E-state index in [1.807, 2.05) is 43.3 Å². The Bertz CT molecular complexity index is 681. The topological polar surface area (TPSA) is 38.3 Å². The second-order valence-electron chi connectivity index (χ2n) is 6.34. The highest BCUT2D eigenvalue weighted by molar-refractivity contribution is 9.10. The molecule has 0 saturated carbocycles. The van der Waals surface area contributed by atoms with Crippen molar-refractivity contribution < 1.29 is 9.53 Å². The SMILES string of the molecule is Cc1ccc(CNC(=O)c2cc(Br)ccc2OCCC(C)C)cc1. The molecule has 128 valence electrons. The third-order valence-corrected chi connectivity index (χ3v) is 4.21. The van der Waals surface area contributed by atoms with E-state index in [0.717, 1.165) is 16.5 Å². The zero-order valence-corrected chi connectivity index (χ0v) is 16.0. The lowest BCUT2D eigenvalue weighted by molar-refractivity contribution is 0.0946. The van der Waals surface area contributed by atoms with E-state index in [9.17, 15) is 4.79 Å². The monoisotopic (exact) mass is 389 g/mol. The predicted octanol–water partition coefficient (Wildman–Crippen LogP) is 5.11. The van der Waals surface area contributed by atoms with Gasteiger partial charge >= 0.3 is 0 Å². The van der Waals surface area contributed by atoms with E-state index in [-0.39, 0.29) is 5.91 Å². The Labute approximate surface area is 152 Å². The number of aryl methyl sites for hydroxylation is 1. The lowest BCUT2D eigenvalue weighted by atomic mass is 10.1. The minimum absolute atomic E-state index is 0.128. The maximum Gasteiger partial charge on any atom is 0.255 e. The molecule has 0 atom stereocenters. The lowest BCUT2D eigenvalue weighted by Gasteiger charge is -2.13. The average molecular weight is 390 g/mol. The van der Waals surface area contributed by atoms with Crippen molar-refractivity contribution in [3.63, 3.8) is 0 Å². The van der Waals surface area contributed by atoms with Crippen molar-refractivity contribution in [3.8, 4) is 5.75 Å².